The molecule has 5 aliphatic rings. The fraction of sp³-hybridized carbons (Fsp3) is 0.912. The van der Waals surface area contributed by atoms with Crippen molar-refractivity contribution in [1.29, 1.82) is 0 Å². The average Bonchev–Trinajstić information content (AvgIpc) is 2.99. The number of carbonyl (C=O) groups is 3. The second-order valence-corrected chi connectivity index (χ2v) is 14.7. The number of ether oxygens (including phenoxy) is 2. The van der Waals surface area contributed by atoms with Gasteiger partial charge in [-0.15, -0.1) is 0 Å². The van der Waals surface area contributed by atoms with E-state index in [1.165, 1.54) is 32.2 Å². The molecule has 3 amide bonds. The molecule has 2 aliphatic carbocycles. The SMILES string of the molecule is CC(=O)N(C1CCOCC1)C1CC(C2CCC(CN3CCOCC3)CC2)CC(C(=O)NCC2C(=O)NC(C)CC2C)C1C. The summed E-state index contributed by atoms with van der Waals surface area (Å²) in [5, 5.41) is 6.30. The Labute approximate surface area is 259 Å². The number of carbonyl (C=O) groups excluding carboxylic acids is 3. The summed E-state index contributed by atoms with van der Waals surface area (Å²) in [4.78, 5) is 44.7. The zero-order valence-corrected chi connectivity index (χ0v) is 27.2. The first-order valence-corrected chi connectivity index (χ1v) is 17.5. The molecule has 5 fully saturated rings. The van der Waals surface area contributed by atoms with E-state index >= 15 is 0 Å². The lowest BCUT2D eigenvalue weighted by molar-refractivity contribution is -0.145. The van der Waals surface area contributed by atoms with Crippen LogP contribution in [0.3, 0.4) is 0 Å². The number of amides is 3. The zero-order valence-electron chi connectivity index (χ0n) is 27.2. The lowest BCUT2D eigenvalue weighted by Crippen LogP contribution is -2.57. The Morgan fingerprint density at radius 2 is 1.58 bits per heavy atom. The van der Waals surface area contributed by atoms with Crippen LogP contribution in [0.2, 0.25) is 0 Å². The molecule has 0 bridgehead atoms. The van der Waals surface area contributed by atoms with Crippen molar-refractivity contribution in [3.05, 3.63) is 0 Å². The van der Waals surface area contributed by atoms with Gasteiger partial charge >= 0.3 is 0 Å². The van der Waals surface area contributed by atoms with Crippen LogP contribution in [0, 0.1) is 41.4 Å². The Bertz CT molecular complexity index is 943. The molecule has 0 aromatic carbocycles. The maximum absolute atomic E-state index is 14.0. The minimum atomic E-state index is -0.191. The molecule has 244 valence electrons. The van der Waals surface area contributed by atoms with Crippen molar-refractivity contribution in [1.82, 2.24) is 20.4 Å². The molecule has 7 unspecified atom stereocenters. The van der Waals surface area contributed by atoms with E-state index in [2.05, 4.69) is 34.3 Å². The third-order valence-electron chi connectivity index (χ3n) is 11.8. The van der Waals surface area contributed by atoms with Gasteiger partial charge in [0.15, 0.2) is 0 Å². The molecule has 0 aromatic heterocycles. The maximum Gasteiger partial charge on any atom is 0.225 e. The van der Waals surface area contributed by atoms with Crippen molar-refractivity contribution in [2.45, 2.75) is 104 Å². The summed E-state index contributed by atoms with van der Waals surface area (Å²) in [6.07, 6.45) is 9.45. The standard InChI is InChI=1S/C34H58N4O5/c1-22-17-23(2)36-34(41)31(22)20-35-33(40)30-18-28(27-7-5-26(6-8-27)21-37-11-15-43-16-12-37)19-32(24(30)3)38(25(4)39)29-9-13-42-14-10-29/h22-24,26-32H,5-21H2,1-4H3,(H,35,40)(H,36,41). The third kappa shape index (κ3) is 8.12. The van der Waals surface area contributed by atoms with Gasteiger partial charge in [0.25, 0.3) is 0 Å². The minimum absolute atomic E-state index is 0.0510. The summed E-state index contributed by atoms with van der Waals surface area (Å²) in [6, 6.07) is 0.416. The smallest absolute Gasteiger partial charge is 0.225 e. The number of hydrogen-bond acceptors (Lipinski definition) is 6. The van der Waals surface area contributed by atoms with Crippen molar-refractivity contribution in [3.8, 4) is 0 Å². The van der Waals surface area contributed by atoms with Crippen molar-refractivity contribution in [2.75, 3.05) is 52.6 Å². The van der Waals surface area contributed by atoms with Crippen LogP contribution in [0.1, 0.15) is 85.5 Å². The first-order chi connectivity index (χ1) is 20.7. The molecule has 2 saturated carbocycles. The number of morpholine rings is 1. The van der Waals surface area contributed by atoms with Crippen molar-refractivity contribution in [2.24, 2.45) is 41.4 Å². The molecule has 0 aromatic rings. The van der Waals surface area contributed by atoms with Crippen molar-refractivity contribution >= 4 is 17.7 Å². The molecule has 9 heteroatoms. The molecule has 0 radical (unpaired) electrons. The lowest BCUT2D eigenvalue weighted by atomic mass is 9.63. The van der Waals surface area contributed by atoms with Gasteiger partial charge in [-0.1, -0.05) is 13.8 Å². The van der Waals surface area contributed by atoms with Crippen LogP contribution < -0.4 is 10.6 Å². The number of nitrogens with one attached hydrogen (secondary N) is 2. The fourth-order valence-corrected chi connectivity index (χ4v) is 9.27. The average molecular weight is 603 g/mol. The summed E-state index contributed by atoms with van der Waals surface area (Å²) in [6.45, 7) is 14.8. The van der Waals surface area contributed by atoms with Crippen LogP contribution in [0.4, 0.5) is 0 Å². The highest BCUT2D eigenvalue weighted by Gasteiger charge is 2.46. The highest BCUT2D eigenvalue weighted by atomic mass is 16.5. The number of nitrogens with zero attached hydrogens (tertiary/aromatic N) is 2. The minimum Gasteiger partial charge on any atom is -0.381 e. The van der Waals surface area contributed by atoms with Gasteiger partial charge in [-0.05, 0) is 94.3 Å². The van der Waals surface area contributed by atoms with Crippen molar-refractivity contribution in [3.63, 3.8) is 0 Å². The van der Waals surface area contributed by atoms with Gasteiger partial charge in [-0.25, -0.2) is 0 Å². The Balaban J connectivity index is 1.27. The van der Waals surface area contributed by atoms with E-state index in [9.17, 15) is 14.4 Å². The van der Waals surface area contributed by atoms with E-state index in [4.69, 9.17) is 9.47 Å². The first kappa shape index (κ1) is 32.7. The van der Waals surface area contributed by atoms with Crippen molar-refractivity contribution < 1.29 is 23.9 Å². The van der Waals surface area contributed by atoms with E-state index in [1.807, 2.05) is 6.92 Å². The zero-order chi connectivity index (χ0) is 30.5. The molecular weight excluding hydrogens is 544 g/mol. The summed E-state index contributed by atoms with van der Waals surface area (Å²) >= 11 is 0. The van der Waals surface area contributed by atoms with Crippen LogP contribution >= 0.6 is 0 Å². The van der Waals surface area contributed by atoms with Crippen LogP contribution in [0.5, 0.6) is 0 Å². The highest BCUT2D eigenvalue weighted by Crippen LogP contribution is 2.46. The monoisotopic (exact) mass is 602 g/mol. The predicted molar refractivity (Wildman–Crippen MR) is 166 cm³/mol. The largest absolute Gasteiger partial charge is 0.381 e. The van der Waals surface area contributed by atoms with Gasteiger partial charge in [0, 0.05) is 70.4 Å². The molecule has 43 heavy (non-hydrogen) atoms. The van der Waals surface area contributed by atoms with Gasteiger partial charge in [-0.3, -0.25) is 19.3 Å². The Morgan fingerprint density at radius 3 is 2.23 bits per heavy atom. The van der Waals surface area contributed by atoms with Crippen LogP contribution in [0.15, 0.2) is 0 Å². The molecule has 7 atom stereocenters. The predicted octanol–water partition coefficient (Wildman–Crippen LogP) is 3.46. The summed E-state index contributed by atoms with van der Waals surface area (Å²) in [7, 11) is 0. The summed E-state index contributed by atoms with van der Waals surface area (Å²) < 4.78 is 11.2. The number of rotatable bonds is 8. The van der Waals surface area contributed by atoms with Crippen LogP contribution in [-0.4, -0.2) is 98.3 Å². The maximum atomic E-state index is 14.0. The van der Waals surface area contributed by atoms with Gasteiger partial charge in [0.05, 0.1) is 19.1 Å². The van der Waals surface area contributed by atoms with E-state index in [-0.39, 0.29) is 59.5 Å². The number of piperidine rings is 1. The van der Waals surface area contributed by atoms with E-state index < -0.39 is 0 Å². The van der Waals surface area contributed by atoms with Gasteiger partial charge in [0.2, 0.25) is 17.7 Å². The second-order valence-electron chi connectivity index (χ2n) is 14.7. The third-order valence-corrected chi connectivity index (χ3v) is 11.8. The molecule has 2 N–H and O–H groups in total. The highest BCUT2D eigenvalue weighted by molar-refractivity contribution is 5.83. The normalized spacial score (nSPS) is 38.2. The Morgan fingerprint density at radius 1 is 0.907 bits per heavy atom. The van der Waals surface area contributed by atoms with Crippen LogP contribution in [0.25, 0.3) is 0 Å². The molecule has 3 saturated heterocycles. The molecular formula is C34H58N4O5. The number of hydrogen-bond donors (Lipinski definition) is 2. The Kier molecular flexibility index (Phi) is 11.4. The summed E-state index contributed by atoms with van der Waals surface area (Å²) in [5.41, 5.74) is 0. The molecule has 0 spiro atoms. The van der Waals surface area contributed by atoms with E-state index in [0.29, 0.717) is 31.6 Å². The summed E-state index contributed by atoms with van der Waals surface area (Å²) in [5.74, 6) is 1.98. The van der Waals surface area contributed by atoms with Gasteiger partial charge in [0.1, 0.15) is 0 Å². The van der Waals surface area contributed by atoms with Gasteiger partial charge < -0.3 is 25.0 Å². The van der Waals surface area contributed by atoms with E-state index in [1.54, 1.807) is 6.92 Å². The quantitative estimate of drug-likeness (QED) is 0.442. The van der Waals surface area contributed by atoms with Gasteiger partial charge in [-0.2, -0.15) is 0 Å². The Hall–Kier alpha value is -1.71. The molecule has 9 nitrogen and oxygen atoms in total. The fourth-order valence-electron chi connectivity index (χ4n) is 9.27. The second kappa shape index (κ2) is 15.0. The topological polar surface area (TPSA) is 100 Å². The molecule has 3 aliphatic heterocycles. The first-order valence-electron chi connectivity index (χ1n) is 17.5. The molecule has 3 heterocycles. The van der Waals surface area contributed by atoms with Crippen LogP contribution in [-0.2, 0) is 23.9 Å². The molecule has 5 rings (SSSR count). The van der Waals surface area contributed by atoms with E-state index in [0.717, 1.165) is 64.3 Å². The lowest BCUT2D eigenvalue weighted by Gasteiger charge is -2.50.